The molecule has 2 aliphatic heterocycles. The molecule has 7 heteroatoms. The molecule has 1 aromatic heterocycles. The van der Waals surface area contributed by atoms with E-state index in [2.05, 4.69) is 23.8 Å². The van der Waals surface area contributed by atoms with Crippen LogP contribution >= 0.6 is 0 Å². The van der Waals surface area contributed by atoms with Gasteiger partial charge in [-0.2, -0.15) is 5.10 Å². The van der Waals surface area contributed by atoms with E-state index in [4.69, 9.17) is 4.74 Å². The molecule has 7 nitrogen and oxygen atoms in total. The van der Waals surface area contributed by atoms with Gasteiger partial charge in [-0.3, -0.25) is 14.4 Å². The zero-order chi connectivity index (χ0) is 17.3. The third-order valence-corrected chi connectivity index (χ3v) is 4.97. The van der Waals surface area contributed by atoms with Gasteiger partial charge in [-0.15, -0.1) is 0 Å². The van der Waals surface area contributed by atoms with Crippen molar-refractivity contribution < 1.29 is 14.6 Å². The lowest BCUT2D eigenvalue weighted by Crippen LogP contribution is -2.47. The lowest BCUT2D eigenvalue weighted by molar-refractivity contribution is -0.133. The second kappa shape index (κ2) is 7.21. The second-order valence-corrected chi connectivity index (χ2v) is 6.99. The molecule has 0 unspecified atom stereocenters. The average Bonchev–Trinajstić information content (AvgIpc) is 2.87. The van der Waals surface area contributed by atoms with E-state index in [1.54, 1.807) is 0 Å². The van der Waals surface area contributed by atoms with Crippen LogP contribution in [0.3, 0.4) is 0 Å². The summed E-state index contributed by atoms with van der Waals surface area (Å²) in [5, 5.41) is 13.8. The number of aryl methyl sites for hydroxylation is 1. The number of fused-ring (bicyclic) bond motifs is 1. The summed E-state index contributed by atoms with van der Waals surface area (Å²) in [4.78, 5) is 16.8. The SMILES string of the molecule is C[C@@H]1CN(CCC(=O)N2CCc3c(c(CO)nn3C)C2)C[C@H](C)O1. The van der Waals surface area contributed by atoms with Gasteiger partial charge in [0.25, 0.3) is 0 Å². The van der Waals surface area contributed by atoms with Crippen LogP contribution in [0.5, 0.6) is 0 Å². The first-order valence-corrected chi connectivity index (χ1v) is 8.78. The van der Waals surface area contributed by atoms with Crippen LogP contribution in [0.2, 0.25) is 0 Å². The first kappa shape index (κ1) is 17.4. The Bertz CT molecular complexity index is 591. The molecular formula is C17H28N4O3. The van der Waals surface area contributed by atoms with Crippen LogP contribution in [0.4, 0.5) is 0 Å². The van der Waals surface area contributed by atoms with E-state index < -0.39 is 0 Å². The molecule has 2 aliphatic rings. The Kier molecular flexibility index (Phi) is 5.22. The number of ether oxygens (including phenoxy) is 1. The summed E-state index contributed by atoms with van der Waals surface area (Å²) in [7, 11) is 1.90. The molecule has 1 aromatic rings. The standard InChI is InChI=1S/C17H28N4O3/c1-12-8-20(9-13(2)24-12)6-5-17(23)21-7-4-16-14(10-21)15(11-22)18-19(16)3/h12-13,22H,4-11H2,1-3H3/t12-,13+. The van der Waals surface area contributed by atoms with Crippen molar-refractivity contribution in [2.75, 3.05) is 26.2 Å². The third kappa shape index (κ3) is 3.63. The Morgan fingerprint density at radius 3 is 2.71 bits per heavy atom. The lowest BCUT2D eigenvalue weighted by Gasteiger charge is -2.35. The van der Waals surface area contributed by atoms with Gasteiger partial charge in [-0.05, 0) is 13.8 Å². The maximum absolute atomic E-state index is 12.6. The molecule has 1 amide bonds. The van der Waals surface area contributed by atoms with Gasteiger partial charge in [0, 0.05) is 63.9 Å². The third-order valence-electron chi connectivity index (χ3n) is 4.97. The highest BCUT2D eigenvalue weighted by atomic mass is 16.5. The molecule has 0 aliphatic carbocycles. The maximum Gasteiger partial charge on any atom is 0.224 e. The zero-order valence-corrected chi connectivity index (χ0v) is 14.9. The van der Waals surface area contributed by atoms with Crippen molar-refractivity contribution in [3.05, 3.63) is 17.0 Å². The molecule has 24 heavy (non-hydrogen) atoms. The minimum Gasteiger partial charge on any atom is -0.390 e. The molecule has 3 heterocycles. The van der Waals surface area contributed by atoms with Gasteiger partial charge in [0.1, 0.15) is 0 Å². The number of morpholine rings is 1. The molecule has 2 atom stereocenters. The Balaban J connectivity index is 1.56. The molecule has 3 rings (SSSR count). The summed E-state index contributed by atoms with van der Waals surface area (Å²) < 4.78 is 7.57. The number of aliphatic hydroxyl groups is 1. The number of hydrogen-bond donors (Lipinski definition) is 1. The van der Waals surface area contributed by atoms with Gasteiger partial charge in [-0.1, -0.05) is 0 Å². The number of aromatic nitrogens is 2. The Hall–Kier alpha value is -1.44. The van der Waals surface area contributed by atoms with E-state index >= 15 is 0 Å². The summed E-state index contributed by atoms with van der Waals surface area (Å²) in [5.41, 5.74) is 2.85. The van der Waals surface area contributed by atoms with Crippen molar-refractivity contribution in [3.8, 4) is 0 Å². The number of aliphatic hydroxyl groups excluding tert-OH is 1. The fourth-order valence-corrected chi connectivity index (χ4v) is 3.89. The molecule has 134 valence electrons. The highest BCUT2D eigenvalue weighted by Gasteiger charge is 2.27. The smallest absolute Gasteiger partial charge is 0.224 e. The Morgan fingerprint density at radius 2 is 2.04 bits per heavy atom. The molecule has 1 saturated heterocycles. The van der Waals surface area contributed by atoms with Gasteiger partial charge in [0.2, 0.25) is 5.91 Å². The predicted octanol–water partition coefficient (Wildman–Crippen LogP) is 0.296. The van der Waals surface area contributed by atoms with Crippen molar-refractivity contribution in [2.45, 2.75) is 52.0 Å². The first-order valence-electron chi connectivity index (χ1n) is 8.78. The number of amides is 1. The van der Waals surface area contributed by atoms with Crippen LogP contribution in [-0.4, -0.2) is 69.0 Å². The Labute approximate surface area is 143 Å². The van der Waals surface area contributed by atoms with E-state index in [9.17, 15) is 9.90 Å². The van der Waals surface area contributed by atoms with Crippen molar-refractivity contribution in [1.29, 1.82) is 0 Å². The van der Waals surface area contributed by atoms with Crippen LogP contribution in [0.25, 0.3) is 0 Å². The summed E-state index contributed by atoms with van der Waals surface area (Å²) >= 11 is 0. The van der Waals surface area contributed by atoms with Crippen molar-refractivity contribution in [1.82, 2.24) is 19.6 Å². The maximum atomic E-state index is 12.6. The Morgan fingerprint density at radius 1 is 1.33 bits per heavy atom. The molecule has 0 aromatic carbocycles. The molecule has 0 spiro atoms. The second-order valence-electron chi connectivity index (χ2n) is 6.99. The topological polar surface area (TPSA) is 70.8 Å². The van der Waals surface area contributed by atoms with Crippen LogP contribution in [0.1, 0.15) is 37.2 Å². The largest absolute Gasteiger partial charge is 0.390 e. The highest BCUT2D eigenvalue weighted by Crippen LogP contribution is 2.23. The molecule has 0 bridgehead atoms. The van der Waals surface area contributed by atoms with Gasteiger partial charge in [0.05, 0.1) is 24.5 Å². The van der Waals surface area contributed by atoms with Gasteiger partial charge < -0.3 is 14.7 Å². The van der Waals surface area contributed by atoms with E-state index in [0.717, 1.165) is 43.9 Å². The van der Waals surface area contributed by atoms with E-state index in [1.165, 1.54) is 0 Å². The first-order chi connectivity index (χ1) is 11.5. The van der Waals surface area contributed by atoms with Gasteiger partial charge in [-0.25, -0.2) is 0 Å². The lowest BCUT2D eigenvalue weighted by atomic mass is 10.0. The minimum atomic E-state index is -0.0746. The fourth-order valence-electron chi connectivity index (χ4n) is 3.89. The van der Waals surface area contributed by atoms with E-state index in [-0.39, 0.29) is 24.7 Å². The monoisotopic (exact) mass is 336 g/mol. The molecule has 0 radical (unpaired) electrons. The molecule has 0 saturated carbocycles. The number of hydrogen-bond acceptors (Lipinski definition) is 5. The molecule has 1 N–H and O–H groups in total. The van der Waals surface area contributed by atoms with Crippen molar-refractivity contribution in [3.63, 3.8) is 0 Å². The summed E-state index contributed by atoms with van der Waals surface area (Å²) in [6, 6.07) is 0. The molecular weight excluding hydrogens is 308 g/mol. The zero-order valence-electron chi connectivity index (χ0n) is 14.9. The van der Waals surface area contributed by atoms with Gasteiger partial charge in [0.15, 0.2) is 0 Å². The van der Waals surface area contributed by atoms with Crippen LogP contribution in [0, 0.1) is 0 Å². The summed E-state index contributed by atoms with van der Waals surface area (Å²) in [6.07, 6.45) is 1.78. The van der Waals surface area contributed by atoms with Crippen LogP contribution < -0.4 is 0 Å². The van der Waals surface area contributed by atoms with E-state index in [1.807, 2.05) is 16.6 Å². The summed E-state index contributed by atoms with van der Waals surface area (Å²) in [6.45, 7) is 7.93. The van der Waals surface area contributed by atoms with Crippen LogP contribution in [0.15, 0.2) is 0 Å². The summed E-state index contributed by atoms with van der Waals surface area (Å²) in [5.74, 6) is 0.181. The normalized spacial score (nSPS) is 24.9. The fraction of sp³-hybridized carbons (Fsp3) is 0.765. The van der Waals surface area contributed by atoms with E-state index in [0.29, 0.717) is 18.7 Å². The van der Waals surface area contributed by atoms with Crippen molar-refractivity contribution in [2.24, 2.45) is 7.05 Å². The molecule has 1 fully saturated rings. The number of nitrogens with zero attached hydrogens (tertiary/aromatic N) is 4. The van der Waals surface area contributed by atoms with Crippen LogP contribution in [-0.2, 0) is 36.2 Å². The number of carbonyl (C=O) groups is 1. The van der Waals surface area contributed by atoms with Crippen molar-refractivity contribution >= 4 is 5.91 Å². The minimum absolute atomic E-state index is 0.0746. The highest BCUT2D eigenvalue weighted by molar-refractivity contribution is 5.76. The predicted molar refractivity (Wildman–Crippen MR) is 89.3 cm³/mol. The quantitative estimate of drug-likeness (QED) is 0.856. The number of carbonyl (C=O) groups excluding carboxylic acids is 1. The average molecular weight is 336 g/mol. The van der Waals surface area contributed by atoms with Gasteiger partial charge >= 0.3 is 0 Å². The number of rotatable bonds is 4.